The molecule has 2 N–H and O–H groups in total. The predicted molar refractivity (Wildman–Crippen MR) is 72.6 cm³/mol. The Morgan fingerprint density at radius 3 is 3.06 bits per heavy atom. The summed E-state index contributed by atoms with van der Waals surface area (Å²) >= 11 is 0. The van der Waals surface area contributed by atoms with Gasteiger partial charge in [-0.2, -0.15) is 0 Å². The highest BCUT2D eigenvalue weighted by Crippen LogP contribution is 2.11. The Kier molecular flexibility index (Phi) is 4.33. The van der Waals surface area contributed by atoms with Crippen LogP contribution in [0.3, 0.4) is 0 Å². The second-order valence-corrected chi connectivity index (χ2v) is 4.65. The summed E-state index contributed by atoms with van der Waals surface area (Å²) in [4.78, 5) is 4.51. The number of aryl methyl sites for hydroxylation is 1. The quantitative estimate of drug-likeness (QED) is 0.819. The molecule has 2 heterocycles. The van der Waals surface area contributed by atoms with Gasteiger partial charge in [0, 0.05) is 19.3 Å². The molecule has 0 radical (unpaired) electrons. The first-order chi connectivity index (χ1) is 8.72. The van der Waals surface area contributed by atoms with Crippen LogP contribution in [0, 0.1) is 6.92 Å². The predicted octanol–water partition coefficient (Wildman–Crippen LogP) is 1.89. The van der Waals surface area contributed by atoms with Crippen molar-refractivity contribution in [2.45, 2.75) is 39.3 Å². The highest BCUT2D eigenvalue weighted by molar-refractivity contribution is 5.42. The number of nitrogens with zero attached hydrogens (tertiary/aromatic N) is 2. The summed E-state index contributed by atoms with van der Waals surface area (Å²) in [6.45, 7) is 5.47. The van der Waals surface area contributed by atoms with E-state index in [0.717, 1.165) is 36.4 Å². The van der Waals surface area contributed by atoms with Crippen LogP contribution in [0.25, 0.3) is 5.65 Å². The maximum absolute atomic E-state index is 9.68. The minimum atomic E-state index is -0.255. The molecule has 98 valence electrons. The molecule has 0 fully saturated rings. The number of aromatic nitrogens is 2. The average molecular weight is 247 g/mol. The van der Waals surface area contributed by atoms with Crippen molar-refractivity contribution in [1.82, 2.24) is 14.7 Å². The molecule has 0 bridgehead atoms. The highest BCUT2D eigenvalue weighted by Gasteiger charge is 2.08. The zero-order valence-electron chi connectivity index (χ0n) is 11.1. The molecule has 2 rings (SSSR count). The van der Waals surface area contributed by atoms with Gasteiger partial charge >= 0.3 is 0 Å². The van der Waals surface area contributed by atoms with E-state index in [1.165, 1.54) is 0 Å². The summed E-state index contributed by atoms with van der Waals surface area (Å²) in [5.41, 5.74) is 3.17. The Hall–Kier alpha value is -1.39. The van der Waals surface area contributed by atoms with Gasteiger partial charge in [-0.15, -0.1) is 0 Å². The van der Waals surface area contributed by atoms with Gasteiger partial charge in [-0.25, -0.2) is 4.98 Å². The number of rotatable bonds is 6. The van der Waals surface area contributed by atoms with E-state index in [2.05, 4.69) is 21.6 Å². The maximum Gasteiger partial charge on any atom is 0.137 e. The maximum atomic E-state index is 9.68. The van der Waals surface area contributed by atoms with Crippen molar-refractivity contribution in [3.63, 3.8) is 0 Å². The molecular weight excluding hydrogens is 226 g/mol. The number of hydrogen-bond donors (Lipinski definition) is 2. The number of aliphatic hydroxyl groups is 1. The van der Waals surface area contributed by atoms with Gasteiger partial charge in [0.1, 0.15) is 5.65 Å². The van der Waals surface area contributed by atoms with Gasteiger partial charge in [0.15, 0.2) is 0 Å². The topological polar surface area (TPSA) is 49.6 Å². The molecule has 0 aliphatic heterocycles. The molecule has 2 aromatic rings. The van der Waals surface area contributed by atoms with Crippen molar-refractivity contribution in [2.24, 2.45) is 0 Å². The van der Waals surface area contributed by atoms with Crippen LogP contribution in [-0.2, 0) is 6.54 Å². The number of imidazole rings is 1. The summed E-state index contributed by atoms with van der Waals surface area (Å²) in [6.07, 6.45) is 3.63. The van der Waals surface area contributed by atoms with E-state index < -0.39 is 0 Å². The fraction of sp³-hybridized carbons (Fsp3) is 0.500. The van der Waals surface area contributed by atoms with Gasteiger partial charge in [-0.05, 0) is 25.5 Å². The van der Waals surface area contributed by atoms with Gasteiger partial charge in [0.25, 0.3) is 0 Å². The number of aliphatic hydroxyl groups excluding tert-OH is 1. The van der Waals surface area contributed by atoms with Crippen molar-refractivity contribution >= 4 is 5.65 Å². The minimum Gasteiger partial charge on any atom is -0.392 e. The van der Waals surface area contributed by atoms with Crippen molar-refractivity contribution in [3.8, 4) is 0 Å². The van der Waals surface area contributed by atoms with Crippen LogP contribution >= 0.6 is 0 Å². The lowest BCUT2D eigenvalue weighted by atomic mass is 10.2. The zero-order valence-corrected chi connectivity index (χ0v) is 11.1. The fourth-order valence-corrected chi connectivity index (χ4v) is 2.17. The Morgan fingerprint density at radius 2 is 2.28 bits per heavy atom. The van der Waals surface area contributed by atoms with Crippen LogP contribution in [0.2, 0.25) is 0 Å². The van der Waals surface area contributed by atoms with Crippen molar-refractivity contribution < 1.29 is 5.11 Å². The molecule has 0 aromatic carbocycles. The van der Waals surface area contributed by atoms with Gasteiger partial charge in [0.05, 0.1) is 17.5 Å². The Labute approximate surface area is 108 Å². The molecule has 1 unspecified atom stereocenters. The molecule has 0 saturated heterocycles. The van der Waals surface area contributed by atoms with Gasteiger partial charge in [0.2, 0.25) is 0 Å². The molecule has 0 amide bonds. The fourth-order valence-electron chi connectivity index (χ4n) is 2.17. The average Bonchev–Trinajstić information content (AvgIpc) is 2.66. The Balaban J connectivity index is 2.01. The summed E-state index contributed by atoms with van der Waals surface area (Å²) in [5, 5.41) is 13.0. The number of nitrogens with one attached hydrogen (secondary N) is 1. The molecule has 0 aliphatic carbocycles. The first-order valence-electron chi connectivity index (χ1n) is 6.53. The van der Waals surface area contributed by atoms with Crippen LogP contribution < -0.4 is 5.32 Å². The number of fused-ring (bicyclic) bond motifs is 1. The standard InChI is InChI=1S/C14H21N3O/c1-3-6-12(18)9-15-10-13-11(2)16-14-7-4-5-8-17(13)14/h4-5,7-8,12,15,18H,3,6,9-10H2,1-2H3. The van der Waals surface area contributed by atoms with Crippen molar-refractivity contribution in [3.05, 3.63) is 35.8 Å². The minimum absolute atomic E-state index is 0.255. The lowest BCUT2D eigenvalue weighted by molar-refractivity contribution is 0.160. The molecule has 0 aliphatic rings. The van der Waals surface area contributed by atoms with E-state index in [0.29, 0.717) is 6.54 Å². The third-order valence-corrected chi connectivity index (χ3v) is 3.12. The smallest absolute Gasteiger partial charge is 0.137 e. The van der Waals surface area contributed by atoms with Gasteiger partial charge in [-0.1, -0.05) is 19.4 Å². The van der Waals surface area contributed by atoms with Crippen LogP contribution in [-0.4, -0.2) is 27.1 Å². The molecule has 1 atom stereocenters. The summed E-state index contributed by atoms with van der Waals surface area (Å²) in [6, 6.07) is 6.00. The number of hydrogen-bond acceptors (Lipinski definition) is 3. The van der Waals surface area contributed by atoms with E-state index >= 15 is 0 Å². The van der Waals surface area contributed by atoms with E-state index in [1.807, 2.05) is 31.3 Å². The van der Waals surface area contributed by atoms with Gasteiger partial charge in [-0.3, -0.25) is 0 Å². The SMILES string of the molecule is CCCC(O)CNCc1c(C)nc2ccccn12. The number of pyridine rings is 1. The van der Waals surface area contributed by atoms with Crippen LogP contribution in [0.4, 0.5) is 0 Å². The molecule has 18 heavy (non-hydrogen) atoms. The largest absolute Gasteiger partial charge is 0.392 e. The van der Waals surface area contributed by atoms with Crippen molar-refractivity contribution in [2.75, 3.05) is 6.54 Å². The Bertz CT molecular complexity index is 507. The van der Waals surface area contributed by atoms with E-state index in [4.69, 9.17) is 0 Å². The van der Waals surface area contributed by atoms with Crippen LogP contribution in [0.1, 0.15) is 31.2 Å². The molecule has 2 aromatic heterocycles. The molecule has 4 heteroatoms. The van der Waals surface area contributed by atoms with Crippen molar-refractivity contribution in [1.29, 1.82) is 0 Å². The summed E-state index contributed by atoms with van der Waals surface area (Å²) < 4.78 is 2.09. The highest BCUT2D eigenvalue weighted by atomic mass is 16.3. The Morgan fingerprint density at radius 1 is 1.44 bits per heavy atom. The summed E-state index contributed by atoms with van der Waals surface area (Å²) in [7, 11) is 0. The second kappa shape index (κ2) is 5.98. The first-order valence-corrected chi connectivity index (χ1v) is 6.53. The van der Waals surface area contributed by atoms with E-state index in [-0.39, 0.29) is 6.10 Å². The van der Waals surface area contributed by atoms with Crippen LogP contribution in [0.15, 0.2) is 24.4 Å². The molecule has 0 saturated carbocycles. The van der Waals surface area contributed by atoms with E-state index in [9.17, 15) is 5.11 Å². The first kappa shape index (κ1) is 13.1. The molecule has 0 spiro atoms. The monoisotopic (exact) mass is 247 g/mol. The third-order valence-electron chi connectivity index (χ3n) is 3.12. The second-order valence-electron chi connectivity index (χ2n) is 4.65. The summed E-state index contributed by atoms with van der Waals surface area (Å²) in [5.74, 6) is 0. The zero-order chi connectivity index (χ0) is 13.0. The normalized spacial score (nSPS) is 13.1. The molecular formula is C14H21N3O. The van der Waals surface area contributed by atoms with Crippen LogP contribution in [0.5, 0.6) is 0 Å². The lowest BCUT2D eigenvalue weighted by Gasteiger charge is -2.10. The van der Waals surface area contributed by atoms with Gasteiger partial charge < -0.3 is 14.8 Å². The molecule has 4 nitrogen and oxygen atoms in total. The van der Waals surface area contributed by atoms with E-state index in [1.54, 1.807) is 0 Å². The lowest BCUT2D eigenvalue weighted by Crippen LogP contribution is -2.26. The third kappa shape index (κ3) is 2.89.